The average molecular weight is 423 g/mol. The van der Waals surface area contributed by atoms with Crippen molar-refractivity contribution in [3.63, 3.8) is 0 Å². The summed E-state index contributed by atoms with van der Waals surface area (Å²) < 4.78 is 1.04. The topological polar surface area (TPSA) is 78.7 Å². The Kier molecular flexibility index (Phi) is 5.84. The summed E-state index contributed by atoms with van der Waals surface area (Å²) in [6.07, 6.45) is 3.66. The summed E-state index contributed by atoms with van der Waals surface area (Å²) in [7, 11) is 0. The number of rotatable bonds is 5. The van der Waals surface area contributed by atoms with E-state index in [2.05, 4.69) is 23.3 Å². The van der Waals surface area contributed by atoms with Crippen LogP contribution in [0.4, 0.5) is 5.13 Å². The molecule has 1 aromatic carbocycles. The lowest BCUT2D eigenvalue weighted by atomic mass is 9.87. The normalized spacial score (nSPS) is 16.8. The zero-order valence-corrected chi connectivity index (χ0v) is 18.1. The number of thiazole rings is 1. The summed E-state index contributed by atoms with van der Waals surface area (Å²) in [4.78, 5) is 22.1. The quantitative estimate of drug-likeness (QED) is 0.572. The monoisotopic (exact) mass is 422 g/mol. The van der Waals surface area contributed by atoms with Gasteiger partial charge in [0.2, 0.25) is 5.91 Å². The number of carbonyl (C=O) groups excluding carboxylic acids is 1. The zero-order valence-electron chi connectivity index (χ0n) is 16.4. The molecule has 0 fully saturated rings. The first-order valence-electron chi connectivity index (χ1n) is 9.83. The summed E-state index contributed by atoms with van der Waals surface area (Å²) >= 11 is 2.84. The minimum atomic E-state index is -0.331. The van der Waals surface area contributed by atoms with Crippen LogP contribution in [0.25, 0.3) is 10.2 Å². The Labute approximate surface area is 178 Å². The maximum Gasteiger partial charge on any atom is 0.239 e. The number of pyridine rings is 1. The Hall–Kier alpha value is -2.43. The molecular formula is C22H22N4OS2. The highest BCUT2D eigenvalue weighted by Crippen LogP contribution is 2.33. The van der Waals surface area contributed by atoms with E-state index in [1.807, 2.05) is 37.3 Å². The van der Waals surface area contributed by atoms with Gasteiger partial charge in [-0.05, 0) is 55.4 Å². The summed E-state index contributed by atoms with van der Waals surface area (Å²) in [5.41, 5.74) is 3.70. The van der Waals surface area contributed by atoms with E-state index in [0.717, 1.165) is 35.2 Å². The molecule has 2 heterocycles. The molecular weight excluding hydrogens is 400 g/mol. The molecule has 0 spiro atoms. The molecule has 0 saturated carbocycles. The Morgan fingerprint density at radius 2 is 2.24 bits per heavy atom. The number of benzene rings is 1. The number of hydrogen-bond donors (Lipinski definition) is 1. The van der Waals surface area contributed by atoms with Crippen molar-refractivity contribution in [1.29, 1.82) is 5.26 Å². The number of nitrogens with one attached hydrogen (secondary N) is 1. The van der Waals surface area contributed by atoms with Gasteiger partial charge in [0.15, 0.2) is 5.13 Å². The number of anilines is 1. The smallest absolute Gasteiger partial charge is 0.239 e. The molecule has 0 saturated heterocycles. The van der Waals surface area contributed by atoms with Gasteiger partial charge in [-0.15, -0.1) is 0 Å². The first-order valence-corrected chi connectivity index (χ1v) is 11.5. The highest BCUT2D eigenvalue weighted by atomic mass is 32.2. The lowest BCUT2D eigenvalue weighted by Crippen LogP contribution is -2.25. The van der Waals surface area contributed by atoms with Gasteiger partial charge in [-0.25, -0.2) is 9.97 Å². The molecule has 7 heteroatoms. The van der Waals surface area contributed by atoms with Crippen LogP contribution in [0, 0.1) is 17.2 Å². The van der Waals surface area contributed by atoms with Gasteiger partial charge in [-0.3, -0.25) is 4.79 Å². The van der Waals surface area contributed by atoms with Crippen LogP contribution in [0.15, 0.2) is 35.4 Å². The zero-order chi connectivity index (χ0) is 20.4. The number of fused-ring (bicyclic) bond motifs is 2. The highest BCUT2D eigenvalue weighted by Gasteiger charge is 2.24. The molecule has 29 heavy (non-hydrogen) atoms. The van der Waals surface area contributed by atoms with Crippen LogP contribution >= 0.6 is 23.1 Å². The lowest BCUT2D eigenvalue weighted by Gasteiger charge is -2.22. The molecule has 1 aliphatic carbocycles. The van der Waals surface area contributed by atoms with Crippen molar-refractivity contribution in [3.8, 4) is 6.07 Å². The molecule has 3 aromatic rings. The van der Waals surface area contributed by atoms with E-state index in [4.69, 9.17) is 4.98 Å². The minimum absolute atomic E-state index is 0.103. The van der Waals surface area contributed by atoms with E-state index in [1.165, 1.54) is 28.7 Å². The van der Waals surface area contributed by atoms with Gasteiger partial charge in [0.1, 0.15) is 11.1 Å². The summed E-state index contributed by atoms with van der Waals surface area (Å²) in [5, 5.41) is 13.5. The van der Waals surface area contributed by atoms with Gasteiger partial charge in [-0.1, -0.05) is 49.1 Å². The van der Waals surface area contributed by atoms with E-state index in [9.17, 15) is 10.1 Å². The largest absolute Gasteiger partial charge is 0.301 e. The van der Waals surface area contributed by atoms with Gasteiger partial charge < -0.3 is 5.32 Å². The molecule has 1 aliphatic rings. The van der Waals surface area contributed by atoms with E-state index >= 15 is 0 Å². The SMILES string of the molecule is CCC(Sc1nc2c(cc1C#N)CC(C)CC2)C(=O)Nc1nc2ccccc2s1. The molecule has 0 bridgehead atoms. The number of aryl methyl sites for hydroxylation is 1. The number of nitriles is 1. The van der Waals surface area contributed by atoms with E-state index in [1.54, 1.807) is 0 Å². The maximum atomic E-state index is 12.9. The van der Waals surface area contributed by atoms with Crippen molar-refractivity contribution in [3.05, 3.63) is 47.2 Å². The fourth-order valence-electron chi connectivity index (χ4n) is 3.57. The molecule has 1 N–H and O–H groups in total. The molecule has 1 amide bonds. The Balaban J connectivity index is 1.53. The van der Waals surface area contributed by atoms with Crippen LogP contribution in [-0.4, -0.2) is 21.1 Å². The third-order valence-corrected chi connectivity index (χ3v) is 7.48. The predicted molar refractivity (Wildman–Crippen MR) is 118 cm³/mol. The number of thioether (sulfide) groups is 1. The van der Waals surface area contributed by atoms with Crippen LogP contribution in [0.3, 0.4) is 0 Å². The fraction of sp³-hybridized carbons (Fsp3) is 0.364. The van der Waals surface area contributed by atoms with Gasteiger partial charge in [-0.2, -0.15) is 5.26 Å². The Morgan fingerprint density at radius 1 is 1.41 bits per heavy atom. The van der Waals surface area contributed by atoms with Crippen LogP contribution in [-0.2, 0) is 17.6 Å². The number of aromatic nitrogens is 2. The van der Waals surface area contributed by atoms with Crippen molar-refractivity contribution in [2.24, 2.45) is 5.92 Å². The first-order chi connectivity index (χ1) is 14.1. The van der Waals surface area contributed by atoms with Gasteiger partial charge in [0, 0.05) is 5.69 Å². The molecule has 2 unspecified atom stereocenters. The number of carbonyl (C=O) groups is 1. The molecule has 148 valence electrons. The fourth-order valence-corrected chi connectivity index (χ4v) is 5.43. The van der Waals surface area contributed by atoms with E-state index in [0.29, 0.717) is 28.1 Å². The standard InChI is InChI=1S/C22H22N4OS2/c1-3-18(20(27)26-22-25-17-6-4-5-7-19(17)29-22)28-21-15(12-23)11-14-10-13(2)8-9-16(14)24-21/h4-7,11,13,18H,3,8-10H2,1-2H3,(H,25,26,27). The van der Waals surface area contributed by atoms with E-state index in [-0.39, 0.29) is 11.2 Å². The maximum absolute atomic E-state index is 12.9. The van der Waals surface area contributed by atoms with Crippen molar-refractivity contribution in [2.45, 2.75) is 49.8 Å². The summed E-state index contributed by atoms with van der Waals surface area (Å²) in [6, 6.07) is 12.1. The van der Waals surface area contributed by atoms with Crippen LogP contribution in [0.2, 0.25) is 0 Å². The molecule has 0 aliphatic heterocycles. The summed E-state index contributed by atoms with van der Waals surface area (Å²) in [5.74, 6) is 0.519. The van der Waals surface area contributed by atoms with Gasteiger partial charge >= 0.3 is 0 Å². The third-order valence-electron chi connectivity index (χ3n) is 5.16. The average Bonchev–Trinajstić information content (AvgIpc) is 3.13. The number of para-hydroxylation sites is 1. The van der Waals surface area contributed by atoms with Crippen molar-refractivity contribution in [2.75, 3.05) is 5.32 Å². The Morgan fingerprint density at radius 3 is 3.00 bits per heavy atom. The van der Waals surface area contributed by atoms with Crippen LogP contribution in [0.1, 0.15) is 43.5 Å². The second kappa shape index (κ2) is 8.52. The van der Waals surface area contributed by atoms with Gasteiger partial charge in [0.05, 0.1) is 21.0 Å². The molecule has 4 rings (SSSR count). The van der Waals surface area contributed by atoms with Crippen molar-refractivity contribution in [1.82, 2.24) is 9.97 Å². The third kappa shape index (κ3) is 4.29. The number of hydrogen-bond acceptors (Lipinski definition) is 6. The number of amides is 1. The molecule has 5 nitrogen and oxygen atoms in total. The number of nitrogens with zero attached hydrogens (tertiary/aromatic N) is 3. The first kappa shape index (κ1) is 19.9. The van der Waals surface area contributed by atoms with Crippen LogP contribution < -0.4 is 5.32 Å². The lowest BCUT2D eigenvalue weighted by molar-refractivity contribution is -0.115. The summed E-state index contributed by atoms with van der Waals surface area (Å²) in [6.45, 7) is 4.21. The Bertz CT molecular complexity index is 1070. The molecule has 0 radical (unpaired) electrons. The second-order valence-corrected chi connectivity index (χ2v) is 9.62. The molecule has 2 aromatic heterocycles. The van der Waals surface area contributed by atoms with E-state index < -0.39 is 0 Å². The minimum Gasteiger partial charge on any atom is -0.301 e. The highest BCUT2D eigenvalue weighted by molar-refractivity contribution is 8.00. The molecule has 2 atom stereocenters. The van der Waals surface area contributed by atoms with Crippen molar-refractivity contribution < 1.29 is 4.79 Å². The predicted octanol–water partition coefficient (Wildman–Crippen LogP) is 5.20. The van der Waals surface area contributed by atoms with Crippen LogP contribution in [0.5, 0.6) is 0 Å². The van der Waals surface area contributed by atoms with Crippen molar-refractivity contribution >= 4 is 44.4 Å². The second-order valence-electron chi connectivity index (χ2n) is 7.40. The van der Waals surface area contributed by atoms with Gasteiger partial charge in [0.25, 0.3) is 0 Å².